The summed E-state index contributed by atoms with van der Waals surface area (Å²) in [5.74, 6) is 0.232. The number of hydrogen-bond acceptors (Lipinski definition) is 3. The van der Waals surface area contributed by atoms with E-state index in [1.807, 2.05) is 24.3 Å². The summed E-state index contributed by atoms with van der Waals surface area (Å²) in [5, 5.41) is 2.53. The number of benzene rings is 3. The van der Waals surface area contributed by atoms with Crippen molar-refractivity contribution in [2.75, 3.05) is 7.11 Å². The minimum absolute atomic E-state index is 0.171. The van der Waals surface area contributed by atoms with Crippen LogP contribution in [0.1, 0.15) is 0 Å². The summed E-state index contributed by atoms with van der Waals surface area (Å²) in [6.45, 7) is 0. The average molecular weight is 294 g/mol. The van der Waals surface area contributed by atoms with Crippen LogP contribution < -0.4 is 10.2 Å². The molecule has 0 unspecified atom stereocenters. The number of ether oxygens (including phenoxy) is 1. The van der Waals surface area contributed by atoms with Crippen LogP contribution in [-0.2, 0) is 0 Å². The summed E-state index contributed by atoms with van der Waals surface area (Å²) >= 11 is 0. The molecule has 0 atom stereocenters. The smallest absolute Gasteiger partial charge is 0.201 e. The van der Waals surface area contributed by atoms with Gasteiger partial charge < -0.3 is 9.15 Å². The van der Waals surface area contributed by atoms with Gasteiger partial charge in [0.05, 0.1) is 17.9 Å². The molecule has 0 aliphatic heterocycles. The maximum atomic E-state index is 13.3. The van der Waals surface area contributed by atoms with E-state index in [1.165, 1.54) is 18.2 Å². The Balaban J connectivity index is 2.25. The minimum Gasteiger partial charge on any atom is -0.497 e. The molecule has 0 N–H and O–H groups in total. The number of rotatable bonds is 1. The molecule has 4 rings (SSSR count). The highest BCUT2D eigenvalue weighted by molar-refractivity contribution is 6.08. The highest BCUT2D eigenvalue weighted by Gasteiger charge is 2.12. The van der Waals surface area contributed by atoms with Crippen molar-refractivity contribution >= 4 is 32.7 Å². The number of halogens is 1. The zero-order valence-corrected chi connectivity index (χ0v) is 11.7. The Kier molecular flexibility index (Phi) is 2.66. The predicted octanol–water partition coefficient (Wildman–Crippen LogP) is 4.25. The van der Waals surface area contributed by atoms with Gasteiger partial charge in [-0.15, -0.1) is 0 Å². The van der Waals surface area contributed by atoms with Gasteiger partial charge >= 0.3 is 0 Å². The Hall–Kier alpha value is -2.88. The molecular weight excluding hydrogens is 283 g/mol. The molecule has 0 bridgehead atoms. The maximum absolute atomic E-state index is 13.3. The molecule has 0 saturated heterocycles. The molecule has 3 aromatic carbocycles. The maximum Gasteiger partial charge on any atom is 0.201 e. The number of fused-ring (bicyclic) bond motifs is 4. The Morgan fingerprint density at radius 3 is 2.59 bits per heavy atom. The summed E-state index contributed by atoms with van der Waals surface area (Å²) in [6.07, 6.45) is 0. The first-order chi connectivity index (χ1) is 10.7. The van der Waals surface area contributed by atoms with E-state index in [0.717, 1.165) is 10.8 Å². The molecule has 22 heavy (non-hydrogen) atoms. The molecule has 1 heterocycles. The number of methoxy groups -OCH3 is 1. The van der Waals surface area contributed by atoms with Crippen molar-refractivity contribution < 1.29 is 13.5 Å². The Labute approximate surface area is 124 Å². The third-order valence-corrected chi connectivity index (χ3v) is 3.83. The lowest BCUT2D eigenvalue weighted by Gasteiger charge is -2.07. The van der Waals surface area contributed by atoms with Gasteiger partial charge in [0.2, 0.25) is 5.43 Å². The van der Waals surface area contributed by atoms with E-state index < -0.39 is 5.82 Å². The highest BCUT2D eigenvalue weighted by Crippen LogP contribution is 2.29. The Bertz CT molecular complexity index is 1100. The van der Waals surface area contributed by atoms with Gasteiger partial charge in [-0.25, -0.2) is 4.39 Å². The molecule has 4 aromatic rings. The largest absolute Gasteiger partial charge is 0.497 e. The molecule has 0 saturated carbocycles. The number of hydrogen-bond donors (Lipinski definition) is 0. The molecule has 0 spiro atoms. The van der Waals surface area contributed by atoms with Gasteiger partial charge in [-0.1, -0.05) is 12.1 Å². The summed E-state index contributed by atoms with van der Waals surface area (Å²) in [6, 6.07) is 13.1. The monoisotopic (exact) mass is 294 g/mol. The van der Waals surface area contributed by atoms with Crippen LogP contribution in [-0.4, -0.2) is 7.11 Å². The van der Waals surface area contributed by atoms with Crippen LogP contribution >= 0.6 is 0 Å². The second kappa shape index (κ2) is 4.56. The van der Waals surface area contributed by atoms with Gasteiger partial charge in [0.25, 0.3) is 0 Å². The molecule has 0 aliphatic rings. The van der Waals surface area contributed by atoms with Crippen molar-refractivity contribution in [3.05, 3.63) is 64.6 Å². The summed E-state index contributed by atoms with van der Waals surface area (Å²) in [5.41, 5.74) is 0.513. The Morgan fingerprint density at radius 2 is 1.77 bits per heavy atom. The van der Waals surface area contributed by atoms with E-state index in [4.69, 9.17) is 9.15 Å². The quantitative estimate of drug-likeness (QED) is 0.389. The molecule has 3 nitrogen and oxygen atoms in total. The van der Waals surface area contributed by atoms with Gasteiger partial charge in [-0.05, 0) is 35.7 Å². The van der Waals surface area contributed by atoms with Crippen molar-refractivity contribution in [3.63, 3.8) is 0 Å². The van der Waals surface area contributed by atoms with E-state index in [9.17, 15) is 9.18 Å². The van der Waals surface area contributed by atoms with E-state index in [2.05, 4.69) is 0 Å². The molecule has 1 aromatic heterocycles. The second-order valence-corrected chi connectivity index (χ2v) is 5.10. The molecule has 0 fully saturated rings. The average Bonchev–Trinajstić information content (AvgIpc) is 2.53. The highest BCUT2D eigenvalue weighted by atomic mass is 19.1. The van der Waals surface area contributed by atoms with Crippen LogP contribution in [0.2, 0.25) is 0 Å². The van der Waals surface area contributed by atoms with E-state index in [1.54, 1.807) is 13.2 Å². The summed E-state index contributed by atoms with van der Waals surface area (Å²) in [4.78, 5) is 12.8. The van der Waals surface area contributed by atoms with Crippen LogP contribution in [0.4, 0.5) is 4.39 Å². The molecule has 4 heteroatoms. The minimum atomic E-state index is -0.433. The second-order valence-electron chi connectivity index (χ2n) is 5.10. The van der Waals surface area contributed by atoms with Crippen molar-refractivity contribution in [2.45, 2.75) is 0 Å². The lowest BCUT2D eigenvalue weighted by molar-refractivity contribution is 0.415. The van der Waals surface area contributed by atoms with Crippen LogP contribution in [0, 0.1) is 5.82 Å². The fraction of sp³-hybridized carbons (Fsp3) is 0.0556. The first kappa shape index (κ1) is 12.8. The van der Waals surface area contributed by atoms with Crippen LogP contribution in [0.5, 0.6) is 5.75 Å². The van der Waals surface area contributed by atoms with Crippen molar-refractivity contribution in [1.29, 1.82) is 0 Å². The van der Waals surface area contributed by atoms with E-state index >= 15 is 0 Å². The van der Waals surface area contributed by atoms with Gasteiger partial charge in [0.1, 0.15) is 22.7 Å². The predicted molar refractivity (Wildman–Crippen MR) is 84.0 cm³/mol. The summed E-state index contributed by atoms with van der Waals surface area (Å²) < 4.78 is 24.3. The van der Waals surface area contributed by atoms with E-state index in [-0.39, 0.29) is 11.0 Å². The fourth-order valence-corrected chi connectivity index (χ4v) is 2.75. The van der Waals surface area contributed by atoms with Gasteiger partial charge in [-0.3, -0.25) is 4.79 Å². The SMILES string of the molecule is COc1ccc2ccc3oc4cc(F)ccc4c(=O)c3c2c1. The van der Waals surface area contributed by atoms with Gasteiger partial charge in [0.15, 0.2) is 0 Å². The Morgan fingerprint density at radius 1 is 0.955 bits per heavy atom. The molecule has 108 valence electrons. The van der Waals surface area contributed by atoms with Gasteiger partial charge in [-0.2, -0.15) is 0 Å². The molecule has 0 radical (unpaired) electrons. The van der Waals surface area contributed by atoms with Crippen molar-refractivity contribution in [1.82, 2.24) is 0 Å². The van der Waals surface area contributed by atoms with Crippen molar-refractivity contribution in [3.8, 4) is 5.75 Å². The van der Waals surface area contributed by atoms with E-state index in [0.29, 0.717) is 22.1 Å². The first-order valence-electron chi connectivity index (χ1n) is 6.80. The third kappa shape index (κ3) is 1.77. The standard InChI is InChI=1S/C18H11FO3/c1-21-12-5-2-10-3-7-15-17(14(10)9-12)18(20)13-6-4-11(19)8-16(13)22-15/h2-9H,1H3. The zero-order valence-electron chi connectivity index (χ0n) is 11.7. The zero-order chi connectivity index (χ0) is 15.3. The van der Waals surface area contributed by atoms with Gasteiger partial charge in [0, 0.05) is 11.5 Å². The third-order valence-electron chi connectivity index (χ3n) is 3.83. The molecule has 0 amide bonds. The summed E-state index contributed by atoms with van der Waals surface area (Å²) in [7, 11) is 1.58. The normalized spacial score (nSPS) is 11.4. The van der Waals surface area contributed by atoms with Crippen LogP contribution in [0.25, 0.3) is 32.7 Å². The van der Waals surface area contributed by atoms with Crippen LogP contribution in [0.15, 0.2) is 57.7 Å². The molecular formula is C18H11FO3. The first-order valence-corrected chi connectivity index (χ1v) is 6.80. The fourth-order valence-electron chi connectivity index (χ4n) is 2.75. The molecule has 0 aliphatic carbocycles. The van der Waals surface area contributed by atoms with Crippen molar-refractivity contribution in [2.24, 2.45) is 0 Å². The lowest BCUT2D eigenvalue weighted by Crippen LogP contribution is -2.03. The topological polar surface area (TPSA) is 39.4 Å². The lowest BCUT2D eigenvalue weighted by atomic mass is 10.0. The van der Waals surface area contributed by atoms with Crippen LogP contribution in [0.3, 0.4) is 0 Å².